The van der Waals surface area contributed by atoms with Crippen LogP contribution in [0.4, 0.5) is 5.69 Å². The van der Waals surface area contributed by atoms with Gasteiger partial charge in [-0.25, -0.2) is 10.4 Å². The highest BCUT2D eigenvalue weighted by atomic mass is 16.2. The predicted octanol–water partition coefficient (Wildman–Crippen LogP) is 0.824. The van der Waals surface area contributed by atoms with Crippen LogP contribution in [0.5, 0.6) is 0 Å². The molecule has 1 aromatic rings. The van der Waals surface area contributed by atoms with Gasteiger partial charge in [0.15, 0.2) is 6.19 Å². The van der Waals surface area contributed by atoms with Crippen LogP contribution in [0.2, 0.25) is 0 Å². The van der Waals surface area contributed by atoms with Crippen molar-refractivity contribution in [3.05, 3.63) is 29.8 Å². The number of nitrogens with one attached hydrogen (secondary N) is 3. The molecule has 0 saturated carbocycles. The van der Waals surface area contributed by atoms with Crippen molar-refractivity contribution in [3.63, 3.8) is 0 Å². The normalized spacial score (nSPS) is 18.3. The van der Waals surface area contributed by atoms with Crippen molar-refractivity contribution in [2.45, 2.75) is 13.3 Å². The Hall–Kier alpha value is -2.88. The molecular weight excluding hydrogens is 268 g/mol. The molecule has 0 fully saturated rings. The van der Waals surface area contributed by atoms with E-state index in [1.165, 1.54) is 0 Å². The third kappa shape index (κ3) is 3.57. The fourth-order valence-electron chi connectivity index (χ4n) is 2.04. The number of benzene rings is 1. The maximum absolute atomic E-state index is 11.2. The van der Waals surface area contributed by atoms with Gasteiger partial charge >= 0.3 is 0 Å². The lowest BCUT2D eigenvalue weighted by atomic mass is 9.94. The van der Waals surface area contributed by atoms with Gasteiger partial charge in [-0.05, 0) is 17.7 Å². The van der Waals surface area contributed by atoms with Gasteiger partial charge in [0, 0.05) is 19.4 Å². The standard InChI is InChI=1S/C14H16N6O/c1-9-7-12(21)19-20-13(9)10-3-5-11(6-4-10)18-14(16-2)17-8-15/h3-6,9H,7H2,1-2H3,(H,19,21)(H2,16,17,18)/t9-/m1/s1. The molecule has 1 aromatic carbocycles. The van der Waals surface area contributed by atoms with E-state index in [1.54, 1.807) is 7.05 Å². The highest BCUT2D eigenvalue weighted by molar-refractivity contribution is 6.05. The van der Waals surface area contributed by atoms with Crippen LogP contribution in [0.1, 0.15) is 18.9 Å². The quantitative estimate of drug-likeness (QED) is 0.324. The summed E-state index contributed by atoms with van der Waals surface area (Å²) >= 11 is 0. The van der Waals surface area contributed by atoms with Gasteiger partial charge in [0.1, 0.15) is 0 Å². The van der Waals surface area contributed by atoms with Crippen molar-refractivity contribution in [3.8, 4) is 6.19 Å². The molecule has 7 heteroatoms. The molecule has 1 atom stereocenters. The molecule has 1 aliphatic rings. The summed E-state index contributed by atoms with van der Waals surface area (Å²) in [6.45, 7) is 1.97. The number of hydrogen-bond donors (Lipinski definition) is 3. The lowest BCUT2D eigenvalue weighted by Gasteiger charge is -2.19. The fourth-order valence-corrected chi connectivity index (χ4v) is 2.04. The molecule has 0 unspecified atom stereocenters. The third-order valence-electron chi connectivity index (χ3n) is 3.07. The Morgan fingerprint density at radius 1 is 1.48 bits per heavy atom. The molecule has 0 aromatic heterocycles. The molecule has 2 rings (SSSR count). The van der Waals surface area contributed by atoms with Crippen LogP contribution >= 0.6 is 0 Å². The van der Waals surface area contributed by atoms with Crippen molar-refractivity contribution in [1.82, 2.24) is 16.1 Å². The van der Waals surface area contributed by atoms with E-state index in [-0.39, 0.29) is 11.8 Å². The van der Waals surface area contributed by atoms with E-state index in [1.807, 2.05) is 37.4 Å². The Morgan fingerprint density at radius 2 is 2.19 bits per heavy atom. The molecule has 0 aliphatic carbocycles. The summed E-state index contributed by atoms with van der Waals surface area (Å²) in [4.78, 5) is 15.5. The SMILES string of the molecule is CN/C(=N/c1ccc(C2=NNC(=O)C[C@H]2C)cc1)NC#N. The number of hydrazone groups is 1. The van der Waals surface area contributed by atoms with Gasteiger partial charge in [-0.1, -0.05) is 19.1 Å². The largest absolute Gasteiger partial charge is 0.358 e. The molecule has 1 amide bonds. The van der Waals surface area contributed by atoms with Crippen LogP contribution in [0, 0.1) is 17.4 Å². The molecule has 0 spiro atoms. The number of amides is 1. The van der Waals surface area contributed by atoms with Crippen LogP contribution in [-0.2, 0) is 4.79 Å². The Kier molecular flexibility index (Phi) is 4.51. The lowest BCUT2D eigenvalue weighted by Crippen LogP contribution is -2.32. The monoisotopic (exact) mass is 284 g/mol. The number of guanidine groups is 1. The number of hydrogen-bond acceptors (Lipinski definition) is 4. The minimum absolute atomic E-state index is 0.0614. The molecule has 3 N–H and O–H groups in total. The first-order chi connectivity index (χ1) is 10.1. The maximum Gasteiger partial charge on any atom is 0.240 e. The Labute approximate surface area is 122 Å². The van der Waals surface area contributed by atoms with Gasteiger partial charge in [-0.15, -0.1) is 0 Å². The number of carbonyl (C=O) groups is 1. The molecular formula is C14H16N6O. The van der Waals surface area contributed by atoms with Crippen LogP contribution in [0.3, 0.4) is 0 Å². The van der Waals surface area contributed by atoms with Crippen LogP contribution in [0.15, 0.2) is 34.4 Å². The van der Waals surface area contributed by atoms with Crippen LogP contribution in [0.25, 0.3) is 0 Å². The Morgan fingerprint density at radius 3 is 2.76 bits per heavy atom. The summed E-state index contributed by atoms with van der Waals surface area (Å²) in [5.74, 6) is 0.399. The summed E-state index contributed by atoms with van der Waals surface area (Å²) in [6.07, 6.45) is 2.25. The fraction of sp³-hybridized carbons (Fsp3) is 0.286. The Bertz CT molecular complexity index is 626. The van der Waals surface area contributed by atoms with E-state index >= 15 is 0 Å². The summed E-state index contributed by atoms with van der Waals surface area (Å²) in [5.41, 5.74) is 5.01. The molecule has 1 heterocycles. The second-order valence-corrected chi connectivity index (χ2v) is 4.63. The van der Waals surface area contributed by atoms with Gasteiger partial charge in [0.2, 0.25) is 11.9 Å². The molecule has 7 nitrogen and oxygen atoms in total. The van der Waals surface area contributed by atoms with E-state index in [2.05, 4.69) is 26.2 Å². The van der Waals surface area contributed by atoms with Crippen molar-refractivity contribution < 1.29 is 4.79 Å². The number of rotatable bonds is 2. The molecule has 0 radical (unpaired) electrons. The van der Waals surface area contributed by atoms with Crippen molar-refractivity contribution in [1.29, 1.82) is 5.26 Å². The van der Waals surface area contributed by atoms with Gasteiger partial charge in [0.05, 0.1) is 11.4 Å². The van der Waals surface area contributed by atoms with Gasteiger partial charge in [-0.3, -0.25) is 10.1 Å². The summed E-state index contributed by atoms with van der Waals surface area (Å²) in [7, 11) is 1.68. The van der Waals surface area contributed by atoms with Crippen molar-refractivity contribution in [2.24, 2.45) is 16.0 Å². The molecule has 0 saturated heterocycles. The summed E-state index contributed by atoms with van der Waals surface area (Å²) < 4.78 is 0. The maximum atomic E-state index is 11.2. The van der Waals surface area contributed by atoms with Crippen molar-refractivity contribution >= 4 is 23.3 Å². The predicted molar refractivity (Wildman–Crippen MR) is 79.8 cm³/mol. The molecule has 108 valence electrons. The average Bonchev–Trinajstić information content (AvgIpc) is 2.48. The first-order valence-electron chi connectivity index (χ1n) is 6.52. The zero-order chi connectivity index (χ0) is 15.2. The van der Waals surface area contributed by atoms with Gasteiger partial charge in [0.25, 0.3) is 0 Å². The molecule has 1 aliphatic heterocycles. The van der Waals surface area contributed by atoms with Crippen molar-refractivity contribution in [2.75, 3.05) is 7.05 Å². The second-order valence-electron chi connectivity index (χ2n) is 4.63. The van der Waals surface area contributed by atoms with Crippen LogP contribution in [-0.4, -0.2) is 24.6 Å². The van der Waals surface area contributed by atoms with E-state index in [9.17, 15) is 4.79 Å². The first kappa shape index (κ1) is 14.5. The van der Waals surface area contributed by atoms with Gasteiger partial charge < -0.3 is 5.32 Å². The summed E-state index contributed by atoms with van der Waals surface area (Å²) in [5, 5.41) is 17.9. The molecule has 0 bridgehead atoms. The smallest absolute Gasteiger partial charge is 0.240 e. The zero-order valence-electron chi connectivity index (χ0n) is 11.8. The minimum atomic E-state index is -0.0614. The number of carbonyl (C=O) groups excluding carboxylic acids is 1. The zero-order valence-corrected chi connectivity index (χ0v) is 11.8. The van der Waals surface area contributed by atoms with Crippen LogP contribution < -0.4 is 16.1 Å². The summed E-state index contributed by atoms with van der Waals surface area (Å²) in [6, 6.07) is 7.45. The lowest BCUT2D eigenvalue weighted by molar-refractivity contribution is -0.121. The second kappa shape index (κ2) is 6.52. The average molecular weight is 284 g/mol. The first-order valence-corrected chi connectivity index (χ1v) is 6.52. The topological polar surface area (TPSA) is 102 Å². The minimum Gasteiger partial charge on any atom is -0.358 e. The third-order valence-corrected chi connectivity index (χ3v) is 3.07. The van der Waals surface area contributed by atoms with Gasteiger partial charge in [-0.2, -0.15) is 10.4 Å². The van der Waals surface area contributed by atoms with E-state index in [4.69, 9.17) is 5.26 Å². The van der Waals surface area contributed by atoms with E-state index in [0.29, 0.717) is 18.1 Å². The van der Waals surface area contributed by atoms with E-state index in [0.717, 1.165) is 11.3 Å². The Balaban J connectivity index is 2.20. The highest BCUT2D eigenvalue weighted by Gasteiger charge is 2.21. The number of nitriles is 1. The molecule has 21 heavy (non-hydrogen) atoms. The van der Waals surface area contributed by atoms with E-state index < -0.39 is 0 Å². The highest BCUT2D eigenvalue weighted by Crippen LogP contribution is 2.19. The number of nitrogens with zero attached hydrogens (tertiary/aromatic N) is 3. The number of aliphatic imine (C=N–C) groups is 1.